The Morgan fingerprint density at radius 3 is 1.45 bits per heavy atom. The molecule has 2 nitrogen and oxygen atoms in total. The lowest BCUT2D eigenvalue weighted by atomic mass is 9.82. The fraction of sp³-hybridized carbons (Fsp3) is 0.0476. The third-order valence-corrected chi connectivity index (χ3v) is 14.1. The van der Waals surface area contributed by atoms with Gasteiger partial charge in [-0.2, -0.15) is 0 Å². The van der Waals surface area contributed by atoms with E-state index in [1.807, 2.05) is 12.1 Å². The molecule has 0 N–H and O–H groups in total. The van der Waals surface area contributed by atoms with Crippen molar-refractivity contribution in [3.05, 3.63) is 236 Å². The van der Waals surface area contributed by atoms with Crippen LogP contribution < -0.4 is 4.90 Å². The van der Waals surface area contributed by atoms with Crippen molar-refractivity contribution in [2.45, 2.75) is 19.3 Å². The molecule has 0 radical (unpaired) electrons. The Labute approximate surface area is 378 Å². The molecule has 0 spiro atoms. The van der Waals surface area contributed by atoms with Crippen LogP contribution in [0.15, 0.2) is 229 Å². The number of para-hydroxylation sites is 2. The number of furan rings is 1. The van der Waals surface area contributed by atoms with E-state index in [0.717, 1.165) is 50.1 Å². The molecule has 0 amide bonds. The first-order chi connectivity index (χ1) is 32.0. The largest absolute Gasteiger partial charge is 0.455 e. The van der Waals surface area contributed by atoms with Gasteiger partial charge in [0.1, 0.15) is 11.2 Å². The topological polar surface area (TPSA) is 16.4 Å². The second-order valence-corrected chi connectivity index (χ2v) is 18.0. The van der Waals surface area contributed by atoms with Crippen LogP contribution in [0, 0.1) is 0 Å². The quantitative estimate of drug-likeness (QED) is 0.155. The molecule has 0 atom stereocenters. The molecule has 1 aliphatic carbocycles. The minimum Gasteiger partial charge on any atom is -0.455 e. The molecular weight excluding hydrogens is 787 g/mol. The summed E-state index contributed by atoms with van der Waals surface area (Å²) in [7, 11) is 0. The second-order valence-electron chi connectivity index (χ2n) is 18.0. The van der Waals surface area contributed by atoms with Crippen molar-refractivity contribution < 1.29 is 4.42 Å². The number of fused-ring (bicyclic) bond motifs is 12. The summed E-state index contributed by atoms with van der Waals surface area (Å²) in [6, 6.07) is 82.1. The second kappa shape index (κ2) is 14.4. The predicted octanol–water partition coefficient (Wildman–Crippen LogP) is 17.8. The smallest absolute Gasteiger partial charge is 0.143 e. The molecular formula is C63H43NO. The van der Waals surface area contributed by atoms with Gasteiger partial charge in [0.2, 0.25) is 0 Å². The lowest BCUT2D eigenvalue weighted by Gasteiger charge is -2.28. The molecule has 1 aliphatic rings. The van der Waals surface area contributed by atoms with Crippen molar-refractivity contribution in [3.63, 3.8) is 0 Å². The summed E-state index contributed by atoms with van der Waals surface area (Å²) >= 11 is 0. The van der Waals surface area contributed by atoms with Gasteiger partial charge in [0.25, 0.3) is 0 Å². The van der Waals surface area contributed by atoms with Crippen LogP contribution in [0.1, 0.15) is 25.0 Å². The Kier molecular flexibility index (Phi) is 8.29. The Balaban J connectivity index is 0.863. The van der Waals surface area contributed by atoms with Crippen LogP contribution >= 0.6 is 0 Å². The number of hydrogen-bond acceptors (Lipinski definition) is 2. The zero-order chi connectivity index (χ0) is 43.2. The minimum absolute atomic E-state index is 0.117. The van der Waals surface area contributed by atoms with Crippen molar-refractivity contribution in [2.24, 2.45) is 0 Å². The standard InChI is InChI=1S/C63H43NO/c1-63(2)59-20-9-7-16-54(59)55-37-35-47(39-60(55)63)64(46-33-28-43(29-34-46)48-18-11-19-57-56-17-8-10-21-61(56)65-62(48)57)45-31-26-41(27-32-45)40-22-24-42(25-23-40)44-30-36-53-51-14-4-3-12-49(51)50-13-5-6-15-52(50)58(53)38-44/h3-39H,1-2H3. The molecule has 0 aliphatic heterocycles. The highest BCUT2D eigenvalue weighted by molar-refractivity contribution is 6.25. The predicted molar refractivity (Wildman–Crippen MR) is 275 cm³/mol. The lowest BCUT2D eigenvalue weighted by molar-refractivity contribution is 0.660. The van der Waals surface area contributed by atoms with Crippen molar-refractivity contribution in [3.8, 4) is 44.5 Å². The molecule has 12 aromatic rings. The van der Waals surface area contributed by atoms with Gasteiger partial charge in [-0.15, -0.1) is 0 Å². The normalized spacial score (nSPS) is 12.9. The van der Waals surface area contributed by atoms with E-state index in [9.17, 15) is 0 Å². The van der Waals surface area contributed by atoms with E-state index in [0.29, 0.717) is 0 Å². The highest BCUT2D eigenvalue weighted by atomic mass is 16.3. The molecule has 1 heterocycles. The summed E-state index contributed by atoms with van der Waals surface area (Å²) in [5, 5.41) is 10.0. The summed E-state index contributed by atoms with van der Waals surface area (Å²) in [5.74, 6) is 0. The summed E-state index contributed by atoms with van der Waals surface area (Å²) in [5.41, 5.74) is 17.4. The molecule has 0 unspecified atom stereocenters. The van der Waals surface area contributed by atoms with E-state index in [-0.39, 0.29) is 5.41 Å². The van der Waals surface area contributed by atoms with Crippen molar-refractivity contribution in [1.29, 1.82) is 0 Å². The minimum atomic E-state index is -0.117. The van der Waals surface area contributed by atoms with Gasteiger partial charge >= 0.3 is 0 Å². The Bertz CT molecular complexity index is 3800. The van der Waals surface area contributed by atoms with Crippen LogP contribution in [0.3, 0.4) is 0 Å². The van der Waals surface area contributed by atoms with Crippen molar-refractivity contribution in [1.82, 2.24) is 0 Å². The Morgan fingerprint density at radius 1 is 0.308 bits per heavy atom. The highest BCUT2D eigenvalue weighted by Crippen LogP contribution is 2.51. The SMILES string of the molecule is CC1(C)c2ccccc2-c2ccc(N(c3ccc(-c4ccc(-c5ccc6c7ccccc7c7ccccc7c6c5)cc4)cc3)c3ccc(-c4cccc5c4oc4ccccc45)cc3)cc21. The van der Waals surface area contributed by atoms with E-state index < -0.39 is 0 Å². The number of rotatable bonds is 6. The summed E-state index contributed by atoms with van der Waals surface area (Å²) in [4.78, 5) is 2.39. The van der Waals surface area contributed by atoms with Crippen molar-refractivity contribution >= 4 is 71.3 Å². The molecule has 306 valence electrons. The average Bonchev–Trinajstić information content (AvgIpc) is 3.86. The maximum atomic E-state index is 6.45. The molecule has 65 heavy (non-hydrogen) atoms. The first-order valence-electron chi connectivity index (χ1n) is 22.6. The maximum absolute atomic E-state index is 6.45. The highest BCUT2D eigenvalue weighted by Gasteiger charge is 2.35. The molecule has 11 aromatic carbocycles. The van der Waals surface area contributed by atoms with Crippen LogP contribution in [-0.4, -0.2) is 0 Å². The van der Waals surface area contributed by atoms with Gasteiger partial charge in [0.15, 0.2) is 0 Å². The van der Waals surface area contributed by atoms with Gasteiger partial charge in [-0.3, -0.25) is 0 Å². The van der Waals surface area contributed by atoms with Gasteiger partial charge < -0.3 is 9.32 Å². The van der Waals surface area contributed by atoms with Gasteiger partial charge in [-0.1, -0.05) is 190 Å². The maximum Gasteiger partial charge on any atom is 0.143 e. The van der Waals surface area contributed by atoms with Crippen LogP contribution in [0.5, 0.6) is 0 Å². The first kappa shape index (κ1) is 37.4. The van der Waals surface area contributed by atoms with Gasteiger partial charge in [-0.05, 0) is 131 Å². The molecule has 0 saturated heterocycles. The number of benzene rings is 11. The third kappa shape index (κ3) is 5.88. The first-order valence-corrected chi connectivity index (χ1v) is 22.6. The van der Waals surface area contributed by atoms with Gasteiger partial charge in [0, 0.05) is 38.8 Å². The monoisotopic (exact) mass is 829 g/mol. The van der Waals surface area contributed by atoms with E-state index in [4.69, 9.17) is 4.42 Å². The molecule has 1 aromatic heterocycles. The summed E-state index contributed by atoms with van der Waals surface area (Å²) in [6.45, 7) is 4.70. The molecule has 0 bridgehead atoms. The van der Waals surface area contributed by atoms with E-state index >= 15 is 0 Å². The van der Waals surface area contributed by atoms with Crippen LogP contribution in [0.4, 0.5) is 17.1 Å². The zero-order valence-corrected chi connectivity index (χ0v) is 36.2. The van der Waals surface area contributed by atoms with E-state index in [2.05, 4.69) is 231 Å². The van der Waals surface area contributed by atoms with Crippen LogP contribution in [0.2, 0.25) is 0 Å². The molecule has 2 heteroatoms. The number of hydrogen-bond donors (Lipinski definition) is 0. The van der Waals surface area contributed by atoms with Crippen LogP contribution in [-0.2, 0) is 5.41 Å². The van der Waals surface area contributed by atoms with Crippen molar-refractivity contribution in [2.75, 3.05) is 4.90 Å². The Hall–Kier alpha value is -8.20. The lowest BCUT2D eigenvalue weighted by Crippen LogP contribution is -2.16. The average molecular weight is 830 g/mol. The fourth-order valence-electron chi connectivity index (χ4n) is 10.8. The zero-order valence-electron chi connectivity index (χ0n) is 36.2. The summed E-state index contributed by atoms with van der Waals surface area (Å²) in [6.07, 6.45) is 0. The number of anilines is 3. The Morgan fingerprint density at radius 2 is 0.769 bits per heavy atom. The third-order valence-electron chi connectivity index (χ3n) is 14.1. The summed E-state index contributed by atoms with van der Waals surface area (Å²) < 4.78 is 6.45. The number of nitrogens with zero attached hydrogens (tertiary/aromatic N) is 1. The van der Waals surface area contributed by atoms with Crippen LogP contribution in [0.25, 0.3) is 98.8 Å². The van der Waals surface area contributed by atoms with E-state index in [1.165, 1.54) is 76.8 Å². The molecule has 0 saturated carbocycles. The van der Waals surface area contributed by atoms with Gasteiger partial charge in [0.05, 0.1) is 0 Å². The van der Waals surface area contributed by atoms with E-state index in [1.54, 1.807) is 0 Å². The van der Waals surface area contributed by atoms with Gasteiger partial charge in [-0.25, -0.2) is 0 Å². The molecule has 0 fully saturated rings. The fourth-order valence-corrected chi connectivity index (χ4v) is 10.8. The molecule has 13 rings (SSSR count).